The number of halogens is 2. The van der Waals surface area contributed by atoms with Crippen LogP contribution in [-0.2, 0) is 0 Å². The van der Waals surface area contributed by atoms with Crippen LogP contribution >= 0.6 is 0 Å². The van der Waals surface area contributed by atoms with E-state index in [9.17, 15) is 8.78 Å². The van der Waals surface area contributed by atoms with Crippen molar-refractivity contribution in [3.8, 4) is 6.07 Å². The number of anilines is 1. The van der Waals surface area contributed by atoms with Crippen LogP contribution in [-0.4, -0.2) is 13.1 Å². The zero-order valence-electron chi connectivity index (χ0n) is 12.0. The molecule has 0 bridgehead atoms. The van der Waals surface area contributed by atoms with Crippen molar-refractivity contribution in [1.82, 2.24) is 0 Å². The van der Waals surface area contributed by atoms with Crippen LogP contribution < -0.4 is 4.90 Å². The van der Waals surface area contributed by atoms with E-state index in [1.54, 1.807) is 13.1 Å². The molecule has 0 N–H and O–H groups in total. The molecule has 0 radical (unpaired) electrons. The second-order valence-electron chi connectivity index (χ2n) is 5.57. The predicted octanol–water partition coefficient (Wildman–Crippen LogP) is 4.24. The van der Waals surface area contributed by atoms with E-state index in [0.717, 1.165) is 31.6 Å². The van der Waals surface area contributed by atoms with Crippen molar-refractivity contribution in [2.24, 2.45) is 5.92 Å². The van der Waals surface area contributed by atoms with Gasteiger partial charge >= 0.3 is 0 Å². The van der Waals surface area contributed by atoms with Gasteiger partial charge in [-0.3, -0.25) is 0 Å². The highest BCUT2D eigenvalue weighted by molar-refractivity contribution is 5.52. The van der Waals surface area contributed by atoms with E-state index in [2.05, 4.69) is 6.92 Å². The number of benzene rings is 1. The summed E-state index contributed by atoms with van der Waals surface area (Å²) < 4.78 is 27.7. The Morgan fingerprint density at radius 3 is 2.40 bits per heavy atom. The zero-order chi connectivity index (χ0) is 14.7. The van der Waals surface area contributed by atoms with Crippen molar-refractivity contribution in [3.63, 3.8) is 0 Å². The molecule has 0 unspecified atom stereocenters. The van der Waals surface area contributed by atoms with Gasteiger partial charge < -0.3 is 4.90 Å². The summed E-state index contributed by atoms with van der Waals surface area (Å²) in [7, 11) is 1.81. The van der Waals surface area contributed by atoms with Gasteiger partial charge in [0.1, 0.15) is 6.07 Å². The Labute approximate surface area is 119 Å². The maximum absolute atomic E-state index is 14.0. The van der Waals surface area contributed by atoms with Crippen LogP contribution in [0, 0.1) is 28.9 Å². The molecule has 0 spiro atoms. The van der Waals surface area contributed by atoms with Crippen LogP contribution in [0.5, 0.6) is 0 Å². The first-order chi connectivity index (χ1) is 9.58. The van der Waals surface area contributed by atoms with E-state index >= 15 is 0 Å². The predicted molar refractivity (Wildman–Crippen MR) is 75.5 cm³/mol. The summed E-state index contributed by atoms with van der Waals surface area (Å²) in [6, 6.07) is 4.76. The van der Waals surface area contributed by atoms with Gasteiger partial charge in [-0.1, -0.05) is 13.3 Å². The summed E-state index contributed by atoms with van der Waals surface area (Å²) in [5.41, 5.74) is 0.00999. The van der Waals surface area contributed by atoms with Crippen molar-refractivity contribution >= 4 is 5.69 Å². The van der Waals surface area contributed by atoms with Crippen LogP contribution in [0.15, 0.2) is 12.1 Å². The van der Waals surface area contributed by atoms with Gasteiger partial charge in [-0.15, -0.1) is 0 Å². The molecule has 1 saturated carbocycles. The summed E-state index contributed by atoms with van der Waals surface area (Å²) >= 11 is 0. The van der Waals surface area contributed by atoms with Gasteiger partial charge in [-0.25, -0.2) is 8.78 Å². The summed E-state index contributed by atoms with van der Waals surface area (Å²) in [6.45, 7) is 2.20. The number of nitriles is 1. The van der Waals surface area contributed by atoms with Gasteiger partial charge in [0.25, 0.3) is 0 Å². The second-order valence-corrected chi connectivity index (χ2v) is 5.57. The molecule has 2 nitrogen and oxygen atoms in total. The molecule has 0 saturated heterocycles. The van der Waals surface area contributed by atoms with Crippen LogP contribution in [0.2, 0.25) is 0 Å². The van der Waals surface area contributed by atoms with E-state index in [1.807, 2.05) is 4.90 Å². The van der Waals surface area contributed by atoms with Crippen molar-refractivity contribution < 1.29 is 8.78 Å². The van der Waals surface area contributed by atoms with Gasteiger partial charge in [-0.2, -0.15) is 5.26 Å². The lowest BCUT2D eigenvalue weighted by atomic mass is 9.84. The molecular formula is C16H20F2N2. The van der Waals surface area contributed by atoms with Crippen LogP contribution in [0.4, 0.5) is 14.5 Å². The van der Waals surface area contributed by atoms with Gasteiger partial charge in [0.05, 0.1) is 11.3 Å². The monoisotopic (exact) mass is 278 g/mol. The average Bonchev–Trinajstić information content (AvgIpc) is 2.49. The lowest BCUT2D eigenvalue weighted by Crippen LogP contribution is -2.35. The minimum Gasteiger partial charge on any atom is -0.369 e. The fourth-order valence-corrected chi connectivity index (χ4v) is 3.04. The normalized spacial score (nSPS) is 22.4. The molecule has 108 valence electrons. The van der Waals surface area contributed by atoms with Gasteiger partial charge in [0.15, 0.2) is 11.6 Å². The maximum atomic E-state index is 14.0. The molecule has 0 aromatic heterocycles. The quantitative estimate of drug-likeness (QED) is 0.826. The standard InChI is InChI=1S/C16H20F2N2/c1-3-11-4-7-13(8-5-11)20(2)14-9-6-12(10-19)15(17)16(14)18/h6,9,11,13H,3-5,7-8H2,1-2H3. The molecule has 1 aliphatic rings. The molecular weight excluding hydrogens is 258 g/mol. The molecule has 0 amide bonds. The van der Waals surface area contributed by atoms with E-state index in [-0.39, 0.29) is 17.3 Å². The van der Waals surface area contributed by atoms with Gasteiger partial charge in [-0.05, 0) is 43.7 Å². The third kappa shape index (κ3) is 2.77. The molecule has 20 heavy (non-hydrogen) atoms. The molecule has 0 heterocycles. The Bertz CT molecular complexity index is 514. The van der Waals surface area contributed by atoms with Crippen molar-refractivity contribution in [1.29, 1.82) is 5.26 Å². The molecule has 1 fully saturated rings. The second kappa shape index (κ2) is 6.21. The van der Waals surface area contributed by atoms with E-state index < -0.39 is 11.6 Å². The largest absolute Gasteiger partial charge is 0.369 e. The van der Waals surface area contributed by atoms with Gasteiger partial charge in [0.2, 0.25) is 0 Å². The first-order valence-corrected chi connectivity index (χ1v) is 7.19. The van der Waals surface area contributed by atoms with E-state index in [4.69, 9.17) is 5.26 Å². The maximum Gasteiger partial charge on any atom is 0.183 e. The summed E-state index contributed by atoms with van der Waals surface area (Å²) in [5, 5.41) is 8.71. The van der Waals surface area contributed by atoms with Crippen molar-refractivity contribution in [3.05, 3.63) is 29.3 Å². The summed E-state index contributed by atoms with van der Waals surface area (Å²) in [5.74, 6) is -1.19. The molecule has 1 aromatic carbocycles. The number of nitrogens with zero attached hydrogens (tertiary/aromatic N) is 2. The number of hydrogen-bond acceptors (Lipinski definition) is 2. The third-order valence-corrected chi connectivity index (χ3v) is 4.50. The summed E-state index contributed by atoms with van der Waals surface area (Å²) in [6.07, 6.45) is 5.50. The fraction of sp³-hybridized carbons (Fsp3) is 0.562. The van der Waals surface area contributed by atoms with Crippen molar-refractivity contribution in [2.45, 2.75) is 45.1 Å². The lowest BCUT2D eigenvalue weighted by molar-refractivity contribution is 0.312. The number of hydrogen-bond donors (Lipinski definition) is 0. The smallest absolute Gasteiger partial charge is 0.183 e. The Morgan fingerprint density at radius 2 is 1.85 bits per heavy atom. The Hall–Kier alpha value is -1.63. The van der Waals surface area contributed by atoms with Crippen LogP contribution in [0.3, 0.4) is 0 Å². The van der Waals surface area contributed by atoms with Gasteiger partial charge in [0, 0.05) is 13.1 Å². The lowest BCUT2D eigenvalue weighted by Gasteiger charge is -2.36. The fourth-order valence-electron chi connectivity index (χ4n) is 3.04. The minimum atomic E-state index is -1.04. The summed E-state index contributed by atoms with van der Waals surface area (Å²) in [4.78, 5) is 1.82. The molecule has 0 atom stereocenters. The van der Waals surface area contributed by atoms with Crippen LogP contribution in [0.1, 0.15) is 44.6 Å². The third-order valence-electron chi connectivity index (χ3n) is 4.50. The highest BCUT2D eigenvalue weighted by atomic mass is 19.2. The molecule has 2 rings (SSSR count). The number of rotatable bonds is 3. The zero-order valence-corrected chi connectivity index (χ0v) is 12.0. The molecule has 1 aliphatic carbocycles. The first-order valence-electron chi connectivity index (χ1n) is 7.19. The highest BCUT2D eigenvalue weighted by Crippen LogP contribution is 2.33. The van der Waals surface area contributed by atoms with E-state index in [0.29, 0.717) is 0 Å². The highest BCUT2D eigenvalue weighted by Gasteiger charge is 2.26. The Kier molecular flexibility index (Phi) is 4.59. The molecule has 1 aromatic rings. The molecule has 0 aliphatic heterocycles. The topological polar surface area (TPSA) is 27.0 Å². The van der Waals surface area contributed by atoms with E-state index in [1.165, 1.54) is 18.6 Å². The Morgan fingerprint density at radius 1 is 1.20 bits per heavy atom. The minimum absolute atomic E-state index is 0.241. The molecule has 4 heteroatoms. The average molecular weight is 278 g/mol. The first kappa shape index (κ1) is 14.8. The SMILES string of the molecule is CCC1CCC(N(C)c2ccc(C#N)c(F)c2F)CC1. The Balaban J connectivity index is 2.16. The van der Waals surface area contributed by atoms with Crippen LogP contribution in [0.25, 0.3) is 0 Å². The van der Waals surface area contributed by atoms with Crippen molar-refractivity contribution in [2.75, 3.05) is 11.9 Å².